The summed E-state index contributed by atoms with van der Waals surface area (Å²) in [5, 5.41) is 6.07. The van der Waals surface area contributed by atoms with Gasteiger partial charge in [-0.15, -0.1) is 0 Å². The van der Waals surface area contributed by atoms with Crippen molar-refractivity contribution >= 4 is 17.4 Å². The van der Waals surface area contributed by atoms with Gasteiger partial charge in [0, 0.05) is 13.2 Å². The lowest BCUT2D eigenvalue weighted by molar-refractivity contribution is -0.124. The van der Waals surface area contributed by atoms with Gasteiger partial charge in [0.25, 0.3) is 5.91 Å². The number of hydrogen-bond acceptors (Lipinski definition) is 6. The van der Waals surface area contributed by atoms with Crippen molar-refractivity contribution in [1.82, 2.24) is 4.98 Å². The second kappa shape index (κ2) is 8.53. The molecule has 3 rings (SSSR count). The maximum atomic E-state index is 12.0. The lowest BCUT2D eigenvalue weighted by Gasteiger charge is -2.12. The van der Waals surface area contributed by atoms with E-state index in [4.69, 9.17) is 14.2 Å². The number of rotatable bonds is 7. The molecular formula is C19H23N3O4. The largest absolute Gasteiger partial charge is 0.493 e. The minimum Gasteiger partial charge on any atom is -0.493 e. The summed E-state index contributed by atoms with van der Waals surface area (Å²) in [5.41, 5.74) is 1.70. The van der Waals surface area contributed by atoms with Crippen molar-refractivity contribution < 1.29 is 19.0 Å². The lowest BCUT2D eigenvalue weighted by Crippen LogP contribution is -2.26. The van der Waals surface area contributed by atoms with Gasteiger partial charge in [0.15, 0.2) is 11.5 Å². The van der Waals surface area contributed by atoms with E-state index in [-0.39, 0.29) is 12.0 Å². The fourth-order valence-electron chi connectivity index (χ4n) is 2.76. The number of nitrogens with zero attached hydrogens (tertiary/aromatic N) is 1. The van der Waals surface area contributed by atoms with Gasteiger partial charge in [-0.3, -0.25) is 4.79 Å². The molecule has 2 N–H and O–H groups in total. The Labute approximate surface area is 152 Å². The Morgan fingerprint density at radius 1 is 1.23 bits per heavy atom. The van der Waals surface area contributed by atoms with Crippen molar-refractivity contribution in [3.8, 4) is 11.5 Å². The lowest BCUT2D eigenvalue weighted by atomic mass is 10.2. The van der Waals surface area contributed by atoms with Crippen molar-refractivity contribution in [1.29, 1.82) is 0 Å². The molecule has 1 unspecified atom stereocenters. The van der Waals surface area contributed by atoms with E-state index < -0.39 is 0 Å². The molecule has 0 radical (unpaired) electrons. The molecule has 1 atom stereocenters. The smallest absolute Gasteiger partial charge is 0.253 e. The van der Waals surface area contributed by atoms with E-state index in [0.29, 0.717) is 30.3 Å². The van der Waals surface area contributed by atoms with Gasteiger partial charge in [-0.1, -0.05) is 6.07 Å². The number of anilines is 2. The van der Waals surface area contributed by atoms with Crippen LogP contribution >= 0.6 is 0 Å². The number of ether oxygens (including phenoxy) is 3. The summed E-state index contributed by atoms with van der Waals surface area (Å²) in [6, 6.07) is 9.39. The second-order valence-corrected chi connectivity index (χ2v) is 5.97. The Hall–Kier alpha value is -2.80. The third-order valence-corrected chi connectivity index (χ3v) is 4.17. The second-order valence-electron chi connectivity index (χ2n) is 5.97. The first-order valence-corrected chi connectivity index (χ1v) is 8.53. The van der Waals surface area contributed by atoms with E-state index in [9.17, 15) is 4.79 Å². The van der Waals surface area contributed by atoms with Gasteiger partial charge in [-0.2, -0.15) is 0 Å². The summed E-state index contributed by atoms with van der Waals surface area (Å²) >= 11 is 0. The zero-order valence-corrected chi connectivity index (χ0v) is 15.0. The number of methoxy groups -OCH3 is 2. The highest BCUT2D eigenvalue weighted by atomic mass is 16.5. The summed E-state index contributed by atoms with van der Waals surface area (Å²) in [6.07, 6.45) is 2.97. The molecule has 0 spiro atoms. The van der Waals surface area contributed by atoms with Gasteiger partial charge in [0.05, 0.1) is 26.1 Å². The van der Waals surface area contributed by atoms with Gasteiger partial charge in [-0.25, -0.2) is 4.98 Å². The third kappa shape index (κ3) is 4.43. The maximum absolute atomic E-state index is 12.0. The SMILES string of the molecule is COc1ccc(CNc2ccc(NC(=O)C3CCCO3)cn2)cc1OC. The number of carbonyl (C=O) groups is 1. The highest BCUT2D eigenvalue weighted by Gasteiger charge is 2.23. The molecule has 0 aliphatic carbocycles. The van der Waals surface area contributed by atoms with Crippen LogP contribution in [-0.2, 0) is 16.1 Å². The summed E-state index contributed by atoms with van der Waals surface area (Å²) in [7, 11) is 3.22. The number of pyridine rings is 1. The van der Waals surface area contributed by atoms with E-state index in [1.54, 1.807) is 20.4 Å². The maximum Gasteiger partial charge on any atom is 0.253 e. The minimum absolute atomic E-state index is 0.115. The molecule has 1 fully saturated rings. The van der Waals surface area contributed by atoms with Crippen LogP contribution in [-0.4, -0.2) is 37.8 Å². The first-order valence-electron chi connectivity index (χ1n) is 8.53. The van der Waals surface area contributed by atoms with Crippen LogP contribution in [0.4, 0.5) is 11.5 Å². The monoisotopic (exact) mass is 357 g/mol. The molecule has 7 heteroatoms. The minimum atomic E-state index is -0.349. The Morgan fingerprint density at radius 3 is 2.73 bits per heavy atom. The molecule has 1 aliphatic rings. The van der Waals surface area contributed by atoms with Crippen LogP contribution in [0.15, 0.2) is 36.5 Å². The number of aromatic nitrogens is 1. The first kappa shape index (κ1) is 18.0. The van der Waals surface area contributed by atoms with Gasteiger partial charge in [0.1, 0.15) is 11.9 Å². The molecule has 1 aromatic carbocycles. The molecule has 138 valence electrons. The van der Waals surface area contributed by atoms with Crippen LogP contribution in [0.3, 0.4) is 0 Å². The molecule has 7 nitrogen and oxygen atoms in total. The standard InChI is InChI=1S/C19H23N3O4/c1-24-15-7-5-13(10-17(15)25-2)11-20-18-8-6-14(12-21-18)22-19(23)16-4-3-9-26-16/h5-8,10,12,16H,3-4,9,11H2,1-2H3,(H,20,21)(H,22,23). The normalized spacial score (nSPS) is 16.2. The topological polar surface area (TPSA) is 81.7 Å². The summed E-state index contributed by atoms with van der Waals surface area (Å²) in [4.78, 5) is 16.3. The number of hydrogen-bond donors (Lipinski definition) is 2. The number of carbonyl (C=O) groups excluding carboxylic acids is 1. The number of amides is 1. The fourth-order valence-corrected chi connectivity index (χ4v) is 2.76. The van der Waals surface area contributed by atoms with Crippen LogP contribution in [0.2, 0.25) is 0 Å². The Kier molecular flexibility index (Phi) is 5.91. The van der Waals surface area contributed by atoms with Crippen LogP contribution in [0.1, 0.15) is 18.4 Å². The average molecular weight is 357 g/mol. The van der Waals surface area contributed by atoms with E-state index >= 15 is 0 Å². The number of nitrogens with one attached hydrogen (secondary N) is 2. The average Bonchev–Trinajstić information content (AvgIpc) is 3.22. The van der Waals surface area contributed by atoms with Crippen LogP contribution in [0.25, 0.3) is 0 Å². The van der Waals surface area contributed by atoms with Gasteiger partial charge in [0.2, 0.25) is 0 Å². The molecule has 0 bridgehead atoms. The summed E-state index contributed by atoms with van der Waals surface area (Å²) in [6.45, 7) is 1.24. The fraction of sp³-hybridized carbons (Fsp3) is 0.368. The van der Waals surface area contributed by atoms with E-state index in [1.807, 2.05) is 30.3 Å². The van der Waals surface area contributed by atoms with Gasteiger partial charge >= 0.3 is 0 Å². The van der Waals surface area contributed by atoms with Crippen LogP contribution in [0, 0.1) is 0 Å². The molecule has 1 amide bonds. The van der Waals surface area contributed by atoms with Crippen molar-refractivity contribution in [3.05, 3.63) is 42.1 Å². The number of benzene rings is 1. The van der Waals surface area contributed by atoms with Crippen molar-refractivity contribution in [2.24, 2.45) is 0 Å². The predicted octanol–water partition coefficient (Wildman–Crippen LogP) is 2.83. The molecule has 2 aromatic rings. The molecule has 1 aliphatic heterocycles. The first-order chi connectivity index (χ1) is 12.7. The zero-order valence-electron chi connectivity index (χ0n) is 15.0. The highest BCUT2D eigenvalue weighted by molar-refractivity contribution is 5.94. The van der Waals surface area contributed by atoms with Crippen LogP contribution in [0.5, 0.6) is 11.5 Å². The Balaban J connectivity index is 1.55. The summed E-state index contributed by atoms with van der Waals surface area (Å²) in [5.74, 6) is 1.98. The molecule has 1 aromatic heterocycles. The molecule has 0 saturated carbocycles. The van der Waals surface area contributed by atoms with Gasteiger partial charge < -0.3 is 24.8 Å². The zero-order chi connectivity index (χ0) is 18.4. The molecule has 26 heavy (non-hydrogen) atoms. The summed E-state index contributed by atoms with van der Waals surface area (Å²) < 4.78 is 15.9. The molecule has 2 heterocycles. The van der Waals surface area contributed by atoms with E-state index in [2.05, 4.69) is 15.6 Å². The molecular weight excluding hydrogens is 334 g/mol. The van der Waals surface area contributed by atoms with E-state index in [0.717, 1.165) is 24.2 Å². The quantitative estimate of drug-likeness (QED) is 0.793. The molecule has 1 saturated heterocycles. The highest BCUT2D eigenvalue weighted by Crippen LogP contribution is 2.27. The predicted molar refractivity (Wildman–Crippen MR) is 98.7 cm³/mol. The van der Waals surface area contributed by atoms with Crippen molar-refractivity contribution in [2.45, 2.75) is 25.5 Å². The van der Waals surface area contributed by atoms with Crippen molar-refractivity contribution in [2.75, 3.05) is 31.5 Å². The van der Waals surface area contributed by atoms with E-state index in [1.165, 1.54) is 0 Å². The van der Waals surface area contributed by atoms with Gasteiger partial charge in [-0.05, 0) is 42.7 Å². The van der Waals surface area contributed by atoms with Crippen LogP contribution < -0.4 is 20.1 Å². The Bertz CT molecular complexity index is 743. The van der Waals surface area contributed by atoms with Crippen molar-refractivity contribution in [3.63, 3.8) is 0 Å². The third-order valence-electron chi connectivity index (χ3n) is 4.17. The Morgan fingerprint density at radius 2 is 2.08 bits per heavy atom.